The van der Waals surface area contributed by atoms with Gasteiger partial charge in [0.15, 0.2) is 0 Å². The van der Waals surface area contributed by atoms with Crippen LogP contribution in [0.25, 0.3) is 21.9 Å². The van der Waals surface area contributed by atoms with Crippen molar-refractivity contribution in [2.75, 3.05) is 0 Å². The van der Waals surface area contributed by atoms with E-state index in [2.05, 4.69) is 12.1 Å². The molecule has 1 aliphatic rings. The van der Waals surface area contributed by atoms with E-state index in [-0.39, 0.29) is 0 Å². The molecule has 0 heterocycles. The standard InChI is InChI=1S/C18H12O2/c19-18(20)17-14-8-4-3-7-13(14)16-12-6-2-1-5-11(12)9-10-15(16)17/h1-10,17H,(H,19,20). The largest absolute Gasteiger partial charge is 0.481 e. The first-order chi connectivity index (χ1) is 9.77. The number of carbonyl (C=O) groups is 1. The van der Waals surface area contributed by atoms with E-state index in [4.69, 9.17) is 0 Å². The zero-order valence-electron chi connectivity index (χ0n) is 10.7. The second-order valence-electron chi connectivity index (χ2n) is 5.11. The maximum atomic E-state index is 11.7. The van der Waals surface area contributed by atoms with Gasteiger partial charge in [0.25, 0.3) is 0 Å². The van der Waals surface area contributed by atoms with Crippen molar-refractivity contribution in [1.29, 1.82) is 0 Å². The predicted molar refractivity (Wildman–Crippen MR) is 78.9 cm³/mol. The lowest BCUT2D eigenvalue weighted by Gasteiger charge is -2.08. The maximum Gasteiger partial charge on any atom is 0.315 e. The number of carboxylic acids is 1. The molecule has 1 aliphatic carbocycles. The third-order valence-corrected chi connectivity index (χ3v) is 4.06. The van der Waals surface area contributed by atoms with Crippen molar-refractivity contribution in [2.45, 2.75) is 5.92 Å². The first-order valence-corrected chi connectivity index (χ1v) is 6.61. The lowest BCUT2D eigenvalue weighted by molar-refractivity contribution is -0.137. The molecule has 2 nitrogen and oxygen atoms in total. The number of hydrogen-bond donors (Lipinski definition) is 1. The molecular formula is C18H12O2. The van der Waals surface area contributed by atoms with Crippen LogP contribution in [0.4, 0.5) is 0 Å². The molecule has 4 rings (SSSR count). The van der Waals surface area contributed by atoms with E-state index in [0.717, 1.165) is 33.0 Å². The summed E-state index contributed by atoms with van der Waals surface area (Å²) < 4.78 is 0. The lowest BCUT2D eigenvalue weighted by atomic mass is 9.95. The molecule has 20 heavy (non-hydrogen) atoms. The van der Waals surface area contributed by atoms with E-state index in [1.165, 1.54) is 0 Å². The molecule has 96 valence electrons. The summed E-state index contributed by atoms with van der Waals surface area (Å²) in [6.45, 7) is 0. The van der Waals surface area contributed by atoms with Crippen LogP contribution in [-0.4, -0.2) is 11.1 Å². The van der Waals surface area contributed by atoms with Gasteiger partial charge in [-0.2, -0.15) is 0 Å². The van der Waals surface area contributed by atoms with Crippen LogP contribution >= 0.6 is 0 Å². The molecule has 0 amide bonds. The number of carboxylic acid groups (broad SMARTS) is 1. The van der Waals surface area contributed by atoms with Crippen molar-refractivity contribution in [3.63, 3.8) is 0 Å². The summed E-state index contributed by atoms with van der Waals surface area (Å²) in [6.07, 6.45) is 0. The van der Waals surface area contributed by atoms with E-state index in [1.54, 1.807) is 0 Å². The minimum atomic E-state index is -0.786. The van der Waals surface area contributed by atoms with Gasteiger partial charge in [-0.15, -0.1) is 0 Å². The highest BCUT2D eigenvalue weighted by molar-refractivity contribution is 6.05. The second-order valence-corrected chi connectivity index (χ2v) is 5.11. The Hall–Kier alpha value is -2.61. The van der Waals surface area contributed by atoms with Crippen molar-refractivity contribution >= 4 is 16.7 Å². The van der Waals surface area contributed by atoms with E-state index in [9.17, 15) is 9.90 Å². The van der Waals surface area contributed by atoms with Crippen molar-refractivity contribution in [1.82, 2.24) is 0 Å². The summed E-state index contributed by atoms with van der Waals surface area (Å²) in [4.78, 5) is 11.7. The summed E-state index contributed by atoms with van der Waals surface area (Å²) in [5.74, 6) is -1.34. The zero-order valence-corrected chi connectivity index (χ0v) is 10.7. The SMILES string of the molecule is O=C(O)C1c2ccccc2-c2c1ccc1ccccc21. The fourth-order valence-corrected chi connectivity index (χ4v) is 3.24. The summed E-state index contributed by atoms with van der Waals surface area (Å²) in [5, 5.41) is 11.9. The molecule has 0 saturated carbocycles. The highest BCUT2D eigenvalue weighted by Crippen LogP contribution is 2.47. The zero-order chi connectivity index (χ0) is 13.7. The van der Waals surface area contributed by atoms with Crippen LogP contribution < -0.4 is 0 Å². The molecule has 0 aromatic heterocycles. The summed E-state index contributed by atoms with van der Waals surface area (Å²) >= 11 is 0. The average Bonchev–Trinajstić information content (AvgIpc) is 2.82. The normalized spacial score (nSPS) is 15.9. The minimum absolute atomic E-state index is 0.550. The Balaban J connectivity index is 2.17. The second kappa shape index (κ2) is 3.94. The van der Waals surface area contributed by atoms with Crippen LogP contribution in [0.1, 0.15) is 17.0 Å². The highest BCUT2D eigenvalue weighted by Gasteiger charge is 2.34. The fourth-order valence-electron chi connectivity index (χ4n) is 3.24. The monoisotopic (exact) mass is 260 g/mol. The van der Waals surface area contributed by atoms with Crippen LogP contribution in [0, 0.1) is 0 Å². The molecule has 0 saturated heterocycles. The number of benzene rings is 3. The molecule has 1 unspecified atom stereocenters. The third kappa shape index (κ3) is 1.36. The maximum absolute atomic E-state index is 11.7. The van der Waals surface area contributed by atoms with E-state index in [1.807, 2.05) is 48.5 Å². The quantitative estimate of drug-likeness (QED) is 0.717. The molecule has 0 bridgehead atoms. The minimum Gasteiger partial charge on any atom is -0.481 e. The number of hydrogen-bond acceptors (Lipinski definition) is 1. The van der Waals surface area contributed by atoms with Gasteiger partial charge < -0.3 is 5.11 Å². The topological polar surface area (TPSA) is 37.3 Å². The van der Waals surface area contributed by atoms with Crippen LogP contribution in [0.5, 0.6) is 0 Å². The van der Waals surface area contributed by atoms with Gasteiger partial charge in [0.05, 0.1) is 0 Å². The molecule has 0 fully saturated rings. The van der Waals surface area contributed by atoms with Crippen molar-refractivity contribution in [2.24, 2.45) is 0 Å². The van der Waals surface area contributed by atoms with Gasteiger partial charge in [-0.25, -0.2) is 0 Å². The van der Waals surface area contributed by atoms with Gasteiger partial charge in [-0.3, -0.25) is 4.79 Å². The number of aliphatic carboxylic acids is 1. The Morgan fingerprint density at radius 2 is 1.60 bits per heavy atom. The van der Waals surface area contributed by atoms with E-state index in [0.29, 0.717) is 0 Å². The van der Waals surface area contributed by atoms with Crippen LogP contribution in [-0.2, 0) is 4.79 Å². The first kappa shape index (κ1) is 11.2. The van der Waals surface area contributed by atoms with E-state index >= 15 is 0 Å². The van der Waals surface area contributed by atoms with Crippen LogP contribution in [0.2, 0.25) is 0 Å². The molecule has 3 aromatic rings. The Bertz CT molecular complexity index is 849. The summed E-state index contributed by atoms with van der Waals surface area (Å²) in [6, 6.07) is 19.9. The predicted octanol–water partition coefficient (Wildman–Crippen LogP) is 4.04. The van der Waals surface area contributed by atoms with Gasteiger partial charge in [0.2, 0.25) is 0 Å². The average molecular weight is 260 g/mol. The molecule has 0 aliphatic heterocycles. The summed E-state index contributed by atoms with van der Waals surface area (Å²) in [5.41, 5.74) is 3.92. The van der Waals surface area contributed by atoms with Gasteiger partial charge in [0.1, 0.15) is 5.92 Å². The number of rotatable bonds is 1. The van der Waals surface area contributed by atoms with Gasteiger partial charge >= 0.3 is 5.97 Å². The molecule has 1 N–H and O–H groups in total. The Morgan fingerprint density at radius 3 is 2.45 bits per heavy atom. The molecular weight excluding hydrogens is 248 g/mol. The van der Waals surface area contributed by atoms with Crippen LogP contribution in [0.15, 0.2) is 60.7 Å². The summed E-state index contributed by atoms with van der Waals surface area (Å²) in [7, 11) is 0. The van der Waals surface area contributed by atoms with E-state index < -0.39 is 11.9 Å². The lowest BCUT2D eigenvalue weighted by Crippen LogP contribution is -2.09. The van der Waals surface area contributed by atoms with Crippen molar-refractivity contribution < 1.29 is 9.90 Å². The smallest absolute Gasteiger partial charge is 0.315 e. The Kier molecular flexibility index (Phi) is 2.21. The highest BCUT2D eigenvalue weighted by atomic mass is 16.4. The van der Waals surface area contributed by atoms with Crippen molar-refractivity contribution in [3.8, 4) is 11.1 Å². The fraction of sp³-hybridized carbons (Fsp3) is 0.0556. The number of fused-ring (bicyclic) bond motifs is 5. The first-order valence-electron chi connectivity index (χ1n) is 6.61. The molecule has 1 atom stereocenters. The Labute approximate surface area is 116 Å². The molecule has 3 aromatic carbocycles. The van der Waals surface area contributed by atoms with Gasteiger partial charge in [-0.1, -0.05) is 60.7 Å². The molecule has 0 radical (unpaired) electrons. The molecule has 2 heteroatoms. The third-order valence-electron chi connectivity index (χ3n) is 4.06. The van der Waals surface area contributed by atoms with Gasteiger partial charge in [-0.05, 0) is 33.0 Å². The Morgan fingerprint density at radius 1 is 0.850 bits per heavy atom. The van der Waals surface area contributed by atoms with Crippen molar-refractivity contribution in [3.05, 3.63) is 71.8 Å². The van der Waals surface area contributed by atoms with Crippen LogP contribution in [0.3, 0.4) is 0 Å². The van der Waals surface area contributed by atoms with Gasteiger partial charge in [0, 0.05) is 0 Å². The molecule has 0 spiro atoms.